The Balaban J connectivity index is 1.04. The fourth-order valence-corrected chi connectivity index (χ4v) is 7.27. The third-order valence-electron chi connectivity index (χ3n) is 8.34. The Morgan fingerprint density at radius 1 is 0.718 bits per heavy atom. The van der Waals surface area contributed by atoms with Crippen molar-refractivity contribution in [2.45, 2.75) is 30.3 Å². The Bertz CT molecular complexity index is 1460. The van der Waals surface area contributed by atoms with Crippen LogP contribution in [0.4, 0.5) is 5.82 Å². The van der Waals surface area contributed by atoms with Crippen LogP contribution in [0.25, 0.3) is 22.2 Å². The van der Waals surface area contributed by atoms with Gasteiger partial charge in [0.2, 0.25) is 5.91 Å². The smallest absolute Gasteiger partial charge is 0.233 e. The molecule has 3 heterocycles. The molecule has 3 aromatic carbocycles. The van der Waals surface area contributed by atoms with Crippen molar-refractivity contribution in [1.82, 2.24) is 19.8 Å². The highest BCUT2D eigenvalue weighted by Gasteiger charge is 2.35. The number of piperidine rings is 1. The number of thioether (sulfide) groups is 1. The van der Waals surface area contributed by atoms with Crippen LogP contribution in [-0.4, -0.2) is 70.7 Å². The summed E-state index contributed by atoms with van der Waals surface area (Å²) in [5.41, 5.74) is 7.25. The largest absolute Gasteiger partial charge is 0.354 e. The molecule has 7 heteroatoms. The first-order valence-corrected chi connectivity index (χ1v) is 15.1. The van der Waals surface area contributed by atoms with Gasteiger partial charge in [-0.1, -0.05) is 72.4 Å². The number of aromatic nitrogens is 2. The molecular formula is C32H33N5OS. The van der Waals surface area contributed by atoms with Gasteiger partial charge in [-0.3, -0.25) is 9.69 Å². The molecule has 0 radical (unpaired) electrons. The van der Waals surface area contributed by atoms with Gasteiger partial charge in [0, 0.05) is 39.3 Å². The van der Waals surface area contributed by atoms with Crippen molar-refractivity contribution in [2.24, 2.45) is 0 Å². The minimum absolute atomic E-state index is 0.187. The number of para-hydroxylation sites is 2. The summed E-state index contributed by atoms with van der Waals surface area (Å²) >= 11 is 1.54. The van der Waals surface area contributed by atoms with E-state index >= 15 is 0 Å². The van der Waals surface area contributed by atoms with E-state index in [-0.39, 0.29) is 11.9 Å². The average Bonchev–Trinajstić information content (AvgIpc) is 3.34. The maximum Gasteiger partial charge on any atom is 0.233 e. The van der Waals surface area contributed by atoms with Gasteiger partial charge in [-0.15, -0.1) is 0 Å². The molecule has 1 amide bonds. The molecule has 7 rings (SSSR count). The number of piperazine rings is 1. The Kier molecular flexibility index (Phi) is 6.70. The summed E-state index contributed by atoms with van der Waals surface area (Å²) in [5.74, 6) is 1.52. The van der Waals surface area contributed by atoms with Crippen LogP contribution in [0.5, 0.6) is 0 Å². The molecule has 1 aromatic heterocycles. The van der Waals surface area contributed by atoms with Gasteiger partial charge in [0.1, 0.15) is 5.03 Å². The number of rotatable bonds is 5. The predicted octanol–water partition coefficient (Wildman–Crippen LogP) is 5.63. The fourth-order valence-electron chi connectivity index (χ4n) is 6.36. The maximum absolute atomic E-state index is 13.4. The molecule has 0 saturated carbocycles. The molecule has 0 spiro atoms. The van der Waals surface area contributed by atoms with Crippen LogP contribution < -0.4 is 4.90 Å². The van der Waals surface area contributed by atoms with Crippen LogP contribution in [0.1, 0.15) is 36.4 Å². The van der Waals surface area contributed by atoms with Gasteiger partial charge >= 0.3 is 0 Å². The second kappa shape index (κ2) is 10.6. The first-order valence-electron chi connectivity index (χ1n) is 14.1. The lowest BCUT2D eigenvalue weighted by Crippen LogP contribution is -2.50. The number of carbonyl (C=O) groups is 1. The zero-order valence-corrected chi connectivity index (χ0v) is 22.9. The monoisotopic (exact) mass is 535 g/mol. The van der Waals surface area contributed by atoms with Gasteiger partial charge in [0.15, 0.2) is 5.82 Å². The molecule has 3 aliphatic rings. The van der Waals surface area contributed by atoms with Crippen molar-refractivity contribution >= 4 is 34.5 Å². The summed E-state index contributed by atoms with van der Waals surface area (Å²) in [5, 5.41) is 0.877. The van der Waals surface area contributed by atoms with E-state index in [1.165, 1.54) is 41.5 Å². The summed E-state index contributed by atoms with van der Waals surface area (Å²) in [7, 11) is 0. The third kappa shape index (κ3) is 4.68. The number of benzene rings is 3. The Morgan fingerprint density at radius 2 is 1.31 bits per heavy atom. The van der Waals surface area contributed by atoms with E-state index < -0.39 is 0 Å². The van der Waals surface area contributed by atoms with E-state index in [4.69, 9.17) is 9.97 Å². The zero-order chi connectivity index (χ0) is 26.2. The van der Waals surface area contributed by atoms with E-state index in [1.54, 1.807) is 11.8 Å². The van der Waals surface area contributed by atoms with Crippen LogP contribution in [0.15, 0.2) is 77.8 Å². The highest BCUT2D eigenvalue weighted by atomic mass is 32.2. The number of hydrogen-bond acceptors (Lipinski definition) is 6. The fraction of sp³-hybridized carbons (Fsp3) is 0.344. The molecule has 39 heavy (non-hydrogen) atoms. The Hall–Kier alpha value is -3.42. The second-order valence-electron chi connectivity index (χ2n) is 10.7. The number of carbonyl (C=O) groups excluding carboxylic acids is 1. The summed E-state index contributed by atoms with van der Waals surface area (Å²) in [6.07, 6.45) is 3.62. The molecule has 0 unspecified atom stereocenters. The Labute approximate surface area is 234 Å². The van der Waals surface area contributed by atoms with Crippen molar-refractivity contribution < 1.29 is 4.79 Å². The van der Waals surface area contributed by atoms with Crippen molar-refractivity contribution in [2.75, 3.05) is 49.9 Å². The van der Waals surface area contributed by atoms with Gasteiger partial charge < -0.3 is 9.80 Å². The normalized spacial score (nSPS) is 17.8. The van der Waals surface area contributed by atoms with E-state index in [1.807, 2.05) is 29.2 Å². The standard InChI is InChI=1S/C32H33N5OS/c38-29(22-39-32-31(37-16-8-1-9-17-37)33-27-14-6-7-15-28(27)34-32)35-18-20-36(21-19-35)30-25-12-4-2-10-23(25)24-11-3-5-13-26(24)30/h2-7,10-15,30H,1,8-9,16-22H2. The molecular weight excluding hydrogens is 502 g/mol. The summed E-state index contributed by atoms with van der Waals surface area (Å²) in [6.45, 7) is 5.26. The molecule has 0 bridgehead atoms. The molecule has 6 nitrogen and oxygen atoms in total. The third-order valence-corrected chi connectivity index (χ3v) is 9.28. The first-order chi connectivity index (χ1) is 19.3. The van der Waals surface area contributed by atoms with Gasteiger partial charge in [-0.25, -0.2) is 9.97 Å². The number of hydrogen-bond donors (Lipinski definition) is 0. The lowest BCUT2D eigenvalue weighted by Gasteiger charge is -2.38. The highest BCUT2D eigenvalue weighted by Crippen LogP contribution is 2.46. The molecule has 0 atom stereocenters. The molecule has 2 fully saturated rings. The minimum atomic E-state index is 0.187. The van der Waals surface area contributed by atoms with Crippen molar-refractivity contribution in [1.29, 1.82) is 0 Å². The number of fused-ring (bicyclic) bond motifs is 4. The topological polar surface area (TPSA) is 52.6 Å². The van der Waals surface area contributed by atoms with Crippen LogP contribution in [0, 0.1) is 0 Å². The predicted molar refractivity (Wildman–Crippen MR) is 158 cm³/mol. The number of amides is 1. The first kappa shape index (κ1) is 24.6. The number of anilines is 1. The maximum atomic E-state index is 13.4. The molecule has 2 aliphatic heterocycles. The van der Waals surface area contributed by atoms with Crippen molar-refractivity contribution in [3.8, 4) is 11.1 Å². The number of nitrogens with zero attached hydrogens (tertiary/aromatic N) is 5. The van der Waals surface area contributed by atoms with Gasteiger partial charge in [-0.05, 0) is 53.6 Å². The van der Waals surface area contributed by atoms with Gasteiger partial charge in [0.25, 0.3) is 0 Å². The van der Waals surface area contributed by atoms with E-state index in [0.29, 0.717) is 5.75 Å². The van der Waals surface area contributed by atoms with E-state index in [9.17, 15) is 4.79 Å². The molecule has 4 aromatic rings. The molecule has 198 valence electrons. The summed E-state index contributed by atoms with van der Waals surface area (Å²) < 4.78 is 0. The minimum Gasteiger partial charge on any atom is -0.354 e. The van der Waals surface area contributed by atoms with Crippen LogP contribution in [0.3, 0.4) is 0 Å². The average molecular weight is 536 g/mol. The van der Waals surface area contributed by atoms with E-state index in [2.05, 4.69) is 58.3 Å². The van der Waals surface area contributed by atoms with Crippen LogP contribution >= 0.6 is 11.8 Å². The van der Waals surface area contributed by atoms with Crippen LogP contribution in [-0.2, 0) is 4.79 Å². The lowest BCUT2D eigenvalue weighted by molar-refractivity contribution is -0.130. The van der Waals surface area contributed by atoms with Crippen LogP contribution in [0.2, 0.25) is 0 Å². The Morgan fingerprint density at radius 3 is 1.97 bits per heavy atom. The summed E-state index contributed by atoms with van der Waals surface area (Å²) in [6, 6.07) is 25.8. The zero-order valence-electron chi connectivity index (χ0n) is 22.1. The van der Waals surface area contributed by atoms with Crippen molar-refractivity contribution in [3.63, 3.8) is 0 Å². The lowest BCUT2D eigenvalue weighted by atomic mass is 10.0. The van der Waals surface area contributed by atoms with Crippen molar-refractivity contribution in [3.05, 3.63) is 83.9 Å². The SMILES string of the molecule is O=C(CSc1nc2ccccc2nc1N1CCCCC1)N1CCN(C2c3ccccc3-c3ccccc32)CC1. The quantitative estimate of drug-likeness (QED) is 0.309. The summed E-state index contributed by atoms with van der Waals surface area (Å²) in [4.78, 5) is 30.3. The molecule has 2 saturated heterocycles. The molecule has 0 N–H and O–H groups in total. The second-order valence-corrected chi connectivity index (χ2v) is 11.6. The van der Waals surface area contributed by atoms with E-state index in [0.717, 1.165) is 61.1 Å². The van der Waals surface area contributed by atoms with Gasteiger partial charge in [0.05, 0.1) is 22.8 Å². The van der Waals surface area contributed by atoms with Gasteiger partial charge in [-0.2, -0.15) is 0 Å². The highest BCUT2D eigenvalue weighted by molar-refractivity contribution is 8.00. The molecule has 1 aliphatic carbocycles.